The van der Waals surface area contributed by atoms with Gasteiger partial charge in [-0.05, 0) is 31.0 Å². The fraction of sp³-hybridized carbons (Fsp3) is 0.471. The van der Waals surface area contributed by atoms with Gasteiger partial charge in [0.25, 0.3) is 0 Å². The lowest BCUT2D eigenvalue weighted by Gasteiger charge is -2.35. The Morgan fingerprint density at radius 2 is 2.29 bits per heavy atom. The second kappa shape index (κ2) is 7.72. The normalized spacial score (nSPS) is 19.1. The van der Waals surface area contributed by atoms with Crippen LogP contribution < -0.4 is 5.32 Å². The van der Waals surface area contributed by atoms with E-state index in [1.165, 1.54) is 0 Å². The van der Waals surface area contributed by atoms with Crippen LogP contribution in [0, 0.1) is 6.92 Å². The molecule has 3 rings (SSSR count). The summed E-state index contributed by atoms with van der Waals surface area (Å²) in [7, 11) is 0. The van der Waals surface area contributed by atoms with Gasteiger partial charge in [0.15, 0.2) is 0 Å². The van der Waals surface area contributed by atoms with Crippen molar-refractivity contribution in [3.63, 3.8) is 0 Å². The summed E-state index contributed by atoms with van der Waals surface area (Å²) < 4.78 is 5.58. The summed E-state index contributed by atoms with van der Waals surface area (Å²) in [5, 5.41) is 6.08. The number of carbonyl (C=O) groups is 1. The zero-order valence-electron chi connectivity index (χ0n) is 13.9. The Kier molecular flexibility index (Phi) is 5.42. The number of nitrogens with one attached hydrogen (secondary N) is 1. The standard InChI is InChI=1S/C17H22N4O2S/c1-3-14(13-4-6-18-7-5-13)20-17(22)21-8-9-23-10-15(21)16-19-12(2)11-24-16/h4-7,11,14-15H,3,8-10H2,1-2H3,(H,20,22)/t14-,15+/m1/s1. The number of urea groups is 1. The van der Waals surface area contributed by atoms with Crippen LogP contribution in [0.1, 0.15) is 41.7 Å². The number of aromatic nitrogens is 2. The van der Waals surface area contributed by atoms with Gasteiger partial charge in [0, 0.05) is 30.0 Å². The average molecular weight is 346 g/mol. The van der Waals surface area contributed by atoms with Crippen molar-refractivity contribution in [1.29, 1.82) is 0 Å². The van der Waals surface area contributed by atoms with Gasteiger partial charge in [-0.25, -0.2) is 9.78 Å². The largest absolute Gasteiger partial charge is 0.377 e. The first kappa shape index (κ1) is 16.9. The molecular weight excluding hydrogens is 324 g/mol. The number of hydrogen-bond acceptors (Lipinski definition) is 5. The number of thiazole rings is 1. The molecule has 0 spiro atoms. The number of rotatable bonds is 4. The molecule has 2 amide bonds. The summed E-state index contributed by atoms with van der Waals surface area (Å²) >= 11 is 1.58. The van der Waals surface area contributed by atoms with E-state index < -0.39 is 0 Å². The van der Waals surface area contributed by atoms with Gasteiger partial charge in [0.2, 0.25) is 0 Å². The number of ether oxygens (including phenoxy) is 1. The van der Waals surface area contributed by atoms with Gasteiger partial charge in [0.05, 0.1) is 19.3 Å². The molecular formula is C17H22N4O2S. The highest BCUT2D eigenvalue weighted by Gasteiger charge is 2.31. The third-order valence-corrected chi connectivity index (χ3v) is 5.19. The zero-order valence-corrected chi connectivity index (χ0v) is 14.8. The summed E-state index contributed by atoms with van der Waals surface area (Å²) in [6.45, 7) is 5.64. The van der Waals surface area contributed by atoms with Crippen molar-refractivity contribution in [3.8, 4) is 0 Å². The van der Waals surface area contributed by atoms with Crippen molar-refractivity contribution in [2.75, 3.05) is 19.8 Å². The van der Waals surface area contributed by atoms with E-state index in [0.29, 0.717) is 19.8 Å². The highest BCUT2D eigenvalue weighted by molar-refractivity contribution is 7.09. The number of nitrogens with zero attached hydrogens (tertiary/aromatic N) is 3. The first-order valence-corrected chi connectivity index (χ1v) is 9.03. The summed E-state index contributed by atoms with van der Waals surface area (Å²) in [6, 6.07) is 3.67. The van der Waals surface area contributed by atoms with Crippen molar-refractivity contribution in [3.05, 3.63) is 46.2 Å². The summed E-state index contributed by atoms with van der Waals surface area (Å²) in [5.74, 6) is 0. The molecule has 0 aliphatic carbocycles. The van der Waals surface area contributed by atoms with Gasteiger partial charge in [-0.15, -0.1) is 11.3 Å². The first-order valence-electron chi connectivity index (χ1n) is 8.16. The fourth-order valence-electron chi connectivity index (χ4n) is 2.83. The molecule has 0 aromatic carbocycles. The van der Waals surface area contributed by atoms with Gasteiger partial charge in [0.1, 0.15) is 11.0 Å². The van der Waals surface area contributed by atoms with Crippen LogP contribution in [-0.4, -0.2) is 40.7 Å². The SMILES string of the molecule is CC[C@@H](NC(=O)N1CCOC[C@H]1c1nc(C)cs1)c1ccncc1. The Hall–Kier alpha value is -1.99. The topological polar surface area (TPSA) is 67.4 Å². The third-order valence-electron chi connectivity index (χ3n) is 4.13. The molecule has 2 aromatic heterocycles. The van der Waals surface area contributed by atoms with E-state index in [1.54, 1.807) is 23.7 Å². The van der Waals surface area contributed by atoms with Crippen LogP contribution in [-0.2, 0) is 4.74 Å². The molecule has 0 radical (unpaired) electrons. The predicted octanol–water partition coefficient (Wildman–Crippen LogP) is 3.08. The smallest absolute Gasteiger partial charge is 0.318 e. The van der Waals surface area contributed by atoms with Crippen LogP contribution in [0.2, 0.25) is 0 Å². The third kappa shape index (κ3) is 3.73. The number of carbonyl (C=O) groups excluding carboxylic acids is 1. The van der Waals surface area contributed by atoms with Gasteiger partial charge in [-0.3, -0.25) is 4.98 Å². The van der Waals surface area contributed by atoms with Crippen LogP contribution in [0.15, 0.2) is 29.9 Å². The number of aryl methyl sites for hydroxylation is 1. The van der Waals surface area contributed by atoms with Crippen LogP contribution >= 0.6 is 11.3 Å². The monoisotopic (exact) mass is 346 g/mol. The van der Waals surface area contributed by atoms with Crippen LogP contribution in [0.5, 0.6) is 0 Å². The molecule has 0 bridgehead atoms. The zero-order chi connectivity index (χ0) is 16.9. The maximum atomic E-state index is 12.9. The quantitative estimate of drug-likeness (QED) is 0.924. The van der Waals surface area contributed by atoms with Gasteiger partial charge < -0.3 is 15.0 Å². The maximum absolute atomic E-state index is 12.9. The fourth-order valence-corrected chi connectivity index (χ4v) is 3.72. The molecule has 1 aliphatic rings. The molecule has 24 heavy (non-hydrogen) atoms. The summed E-state index contributed by atoms with van der Waals surface area (Å²) in [5.41, 5.74) is 2.04. The Labute approximate surface area is 145 Å². The van der Waals surface area contributed by atoms with E-state index >= 15 is 0 Å². The molecule has 2 atom stereocenters. The van der Waals surface area contributed by atoms with E-state index in [-0.39, 0.29) is 18.1 Å². The minimum atomic E-state index is -0.118. The van der Waals surface area contributed by atoms with Crippen molar-refractivity contribution in [2.45, 2.75) is 32.4 Å². The van der Waals surface area contributed by atoms with E-state index in [4.69, 9.17) is 4.74 Å². The highest BCUT2D eigenvalue weighted by atomic mass is 32.1. The molecule has 2 aromatic rings. The molecule has 0 unspecified atom stereocenters. The molecule has 1 fully saturated rings. The van der Waals surface area contributed by atoms with Gasteiger partial charge in [-0.2, -0.15) is 0 Å². The molecule has 0 saturated carbocycles. The molecule has 7 heteroatoms. The average Bonchev–Trinajstić information content (AvgIpc) is 3.06. The number of hydrogen-bond donors (Lipinski definition) is 1. The molecule has 3 heterocycles. The molecule has 128 valence electrons. The Morgan fingerprint density at radius 1 is 1.50 bits per heavy atom. The second-order valence-electron chi connectivity index (χ2n) is 5.80. The van der Waals surface area contributed by atoms with Gasteiger partial charge >= 0.3 is 6.03 Å². The van der Waals surface area contributed by atoms with E-state index in [0.717, 1.165) is 22.7 Å². The number of morpholine rings is 1. The number of amides is 2. The molecule has 1 N–H and O–H groups in total. The predicted molar refractivity (Wildman–Crippen MR) is 92.9 cm³/mol. The van der Waals surface area contributed by atoms with Crippen LogP contribution in [0.4, 0.5) is 4.79 Å². The van der Waals surface area contributed by atoms with E-state index in [1.807, 2.05) is 29.3 Å². The van der Waals surface area contributed by atoms with Crippen molar-refractivity contribution in [1.82, 2.24) is 20.2 Å². The second-order valence-corrected chi connectivity index (χ2v) is 6.69. The lowest BCUT2D eigenvalue weighted by Crippen LogP contribution is -2.48. The lowest BCUT2D eigenvalue weighted by atomic mass is 10.1. The highest BCUT2D eigenvalue weighted by Crippen LogP contribution is 2.27. The molecule has 1 aliphatic heterocycles. The minimum absolute atomic E-state index is 0.0259. The summed E-state index contributed by atoms with van der Waals surface area (Å²) in [4.78, 5) is 23.3. The van der Waals surface area contributed by atoms with Crippen molar-refractivity contribution < 1.29 is 9.53 Å². The first-order chi connectivity index (χ1) is 11.7. The minimum Gasteiger partial charge on any atom is -0.377 e. The van der Waals surface area contributed by atoms with E-state index in [2.05, 4.69) is 22.2 Å². The van der Waals surface area contributed by atoms with Crippen molar-refractivity contribution in [2.24, 2.45) is 0 Å². The van der Waals surface area contributed by atoms with Crippen LogP contribution in [0.3, 0.4) is 0 Å². The Balaban J connectivity index is 1.74. The molecule has 1 saturated heterocycles. The lowest BCUT2D eigenvalue weighted by molar-refractivity contribution is 0.0109. The Morgan fingerprint density at radius 3 is 2.96 bits per heavy atom. The molecule has 6 nitrogen and oxygen atoms in total. The maximum Gasteiger partial charge on any atom is 0.318 e. The summed E-state index contributed by atoms with van der Waals surface area (Å²) in [6.07, 6.45) is 4.32. The van der Waals surface area contributed by atoms with Crippen molar-refractivity contribution >= 4 is 17.4 Å². The van der Waals surface area contributed by atoms with Gasteiger partial charge in [-0.1, -0.05) is 6.92 Å². The van der Waals surface area contributed by atoms with E-state index in [9.17, 15) is 4.79 Å². The number of pyridine rings is 1. The Bertz CT molecular complexity index is 676. The van der Waals surface area contributed by atoms with Crippen LogP contribution in [0.25, 0.3) is 0 Å².